The lowest BCUT2D eigenvalue weighted by Gasteiger charge is -2.34. The van der Waals surface area contributed by atoms with Crippen molar-refractivity contribution in [2.24, 2.45) is 0 Å². The van der Waals surface area contributed by atoms with Crippen molar-refractivity contribution in [1.82, 2.24) is 10.2 Å². The van der Waals surface area contributed by atoms with Gasteiger partial charge in [-0.1, -0.05) is 48.5 Å². The molecule has 1 unspecified atom stereocenters. The van der Waals surface area contributed by atoms with Crippen LogP contribution >= 0.6 is 11.8 Å². The average molecular weight is 678 g/mol. The quantitative estimate of drug-likeness (QED) is 0.148. The van der Waals surface area contributed by atoms with Gasteiger partial charge < -0.3 is 15.0 Å². The molecule has 1 N–H and O–H groups in total. The van der Waals surface area contributed by atoms with Gasteiger partial charge in [0, 0.05) is 29.5 Å². The topological polar surface area (TPSA) is 96.0 Å². The minimum Gasteiger partial charge on any atom is -0.494 e. The highest BCUT2D eigenvalue weighted by atomic mass is 32.2. The molecule has 47 heavy (non-hydrogen) atoms. The largest absolute Gasteiger partial charge is 0.494 e. The molecule has 1 atom stereocenters. The van der Waals surface area contributed by atoms with Gasteiger partial charge in [-0.3, -0.25) is 13.9 Å². The average Bonchev–Trinajstić information content (AvgIpc) is 3.06. The van der Waals surface area contributed by atoms with Crippen molar-refractivity contribution in [3.05, 3.63) is 120 Å². The Kier molecular flexibility index (Phi) is 12.4. The van der Waals surface area contributed by atoms with E-state index in [4.69, 9.17) is 4.74 Å². The van der Waals surface area contributed by atoms with Gasteiger partial charge in [-0.05, 0) is 87.2 Å². The van der Waals surface area contributed by atoms with Gasteiger partial charge in [-0.25, -0.2) is 12.8 Å². The number of nitrogens with zero attached hydrogens (tertiary/aromatic N) is 2. The summed E-state index contributed by atoms with van der Waals surface area (Å²) < 4.78 is 50.1. The molecule has 0 bridgehead atoms. The van der Waals surface area contributed by atoms with Gasteiger partial charge in [0.05, 0.1) is 17.2 Å². The third-order valence-corrected chi connectivity index (χ3v) is 9.89. The zero-order valence-electron chi connectivity index (χ0n) is 26.9. The smallest absolute Gasteiger partial charge is 0.264 e. The number of rotatable bonds is 15. The van der Waals surface area contributed by atoms with Crippen molar-refractivity contribution >= 4 is 39.3 Å². The summed E-state index contributed by atoms with van der Waals surface area (Å²) in [4.78, 5) is 30.4. The predicted molar refractivity (Wildman–Crippen MR) is 185 cm³/mol. The number of thioether (sulfide) groups is 1. The van der Waals surface area contributed by atoms with E-state index in [2.05, 4.69) is 5.32 Å². The Morgan fingerprint density at radius 2 is 1.53 bits per heavy atom. The molecule has 4 aromatic rings. The van der Waals surface area contributed by atoms with Crippen molar-refractivity contribution in [2.45, 2.75) is 55.6 Å². The number of carbonyl (C=O) groups excluding carboxylic acids is 2. The molecule has 0 aromatic heterocycles. The van der Waals surface area contributed by atoms with Crippen LogP contribution in [-0.4, -0.2) is 56.6 Å². The fourth-order valence-electron chi connectivity index (χ4n) is 5.02. The van der Waals surface area contributed by atoms with E-state index in [9.17, 15) is 18.0 Å². The molecular weight excluding hydrogens is 638 g/mol. The molecule has 4 aromatic carbocycles. The number of halogens is 1. The Morgan fingerprint density at radius 3 is 2.13 bits per heavy atom. The van der Waals surface area contributed by atoms with E-state index < -0.39 is 40.2 Å². The summed E-state index contributed by atoms with van der Waals surface area (Å²) in [6.07, 6.45) is 2.02. The number of benzene rings is 4. The number of amides is 2. The number of hydrogen-bond acceptors (Lipinski definition) is 6. The Balaban J connectivity index is 1.81. The number of carbonyl (C=O) groups is 2. The lowest BCUT2D eigenvalue weighted by molar-refractivity contribution is -0.140. The second kappa shape index (κ2) is 16.5. The van der Waals surface area contributed by atoms with Crippen LogP contribution in [0, 0.1) is 5.82 Å². The number of hydrogen-bond donors (Lipinski definition) is 1. The minimum atomic E-state index is -4.28. The monoisotopic (exact) mass is 677 g/mol. The Bertz CT molecular complexity index is 1730. The molecule has 0 aliphatic carbocycles. The molecule has 248 valence electrons. The van der Waals surface area contributed by atoms with E-state index in [0.29, 0.717) is 12.4 Å². The summed E-state index contributed by atoms with van der Waals surface area (Å²) >= 11 is 1.47. The maximum atomic E-state index is 15.1. The molecule has 8 nitrogen and oxygen atoms in total. The third-order valence-electron chi connectivity index (χ3n) is 7.36. The maximum absolute atomic E-state index is 15.1. The van der Waals surface area contributed by atoms with Gasteiger partial charge in [0.2, 0.25) is 11.8 Å². The van der Waals surface area contributed by atoms with E-state index in [1.807, 2.05) is 57.4 Å². The molecule has 2 amide bonds. The maximum Gasteiger partial charge on any atom is 0.264 e. The number of ether oxygens (including phenoxy) is 1. The third kappa shape index (κ3) is 9.36. The van der Waals surface area contributed by atoms with Gasteiger partial charge in [-0.15, -0.1) is 11.8 Å². The van der Waals surface area contributed by atoms with Crippen LogP contribution in [0.2, 0.25) is 0 Å². The van der Waals surface area contributed by atoms with E-state index in [1.165, 1.54) is 34.9 Å². The van der Waals surface area contributed by atoms with Gasteiger partial charge >= 0.3 is 0 Å². The number of sulfonamides is 1. The SMILES string of the molecule is CCOc1ccc(N(CC(=O)N(Cc2ccccc2F)C(Cc2ccccc2)C(=O)NC(C)C)S(=O)(=O)c2ccc(SC)cc2)cc1. The van der Waals surface area contributed by atoms with Crippen molar-refractivity contribution < 1.29 is 27.1 Å². The highest BCUT2D eigenvalue weighted by Gasteiger charge is 2.35. The van der Waals surface area contributed by atoms with Gasteiger partial charge in [0.15, 0.2) is 0 Å². The minimum absolute atomic E-state index is 0.00368. The van der Waals surface area contributed by atoms with Crippen LogP contribution in [0.3, 0.4) is 0 Å². The first kappa shape index (κ1) is 35.5. The summed E-state index contributed by atoms with van der Waals surface area (Å²) in [5.41, 5.74) is 1.21. The van der Waals surface area contributed by atoms with Crippen LogP contribution in [0.15, 0.2) is 113 Å². The first-order chi connectivity index (χ1) is 22.5. The molecule has 0 aliphatic rings. The van der Waals surface area contributed by atoms with Crippen LogP contribution in [0.1, 0.15) is 31.9 Å². The van der Waals surface area contributed by atoms with Gasteiger partial charge in [-0.2, -0.15) is 0 Å². The van der Waals surface area contributed by atoms with Gasteiger partial charge in [0.1, 0.15) is 24.2 Å². The summed E-state index contributed by atoms with van der Waals surface area (Å²) in [7, 11) is -4.28. The van der Waals surface area contributed by atoms with Crippen molar-refractivity contribution in [1.29, 1.82) is 0 Å². The molecule has 0 saturated heterocycles. The van der Waals surface area contributed by atoms with Crippen molar-refractivity contribution in [3.63, 3.8) is 0 Å². The molecule has 0 radical (unpaired) electrons. The summed E-state index contributed by atoms with van der Waals surface area (Å²) in [6, 6.07) is 26.7. The van der Waals surface area contributed by atoms with Crippen LogP contribution in [0.5, 0.6) is 5.75 Å². The predicted octanol–water partition coefficient (Wildman–Crippen LogP) is 6.31. The molecule has 4 rings (SSSR count). The summed E-state index contributed by atoms with van der Waals surface area (Å²) in [6.45, 7) is 4.98. The number of anilines is 1. The van der Waals surface area contributed by atoms with E-state index in [0.717, 1.165) is 14.8 Å². The van der Waals surface area contributed by atoms with Crippen molar-refractivity contribution in [3.8, 4) is 5.75 Å². The standard InChI is InChI=1S/C36H40FN3O5S2/c1-5-45-30-17-15-29(16-18-30)40(47(43,44)32-21-19-31(46-4)20-22-32)25-35(41)39(24-28-13-9-10-14-33(28)37)34(36(42)38-26(2)3)23-27-11-7-6-8-12-27/h6-22,26,34H,5,23-25H2,1-4H3,(H,38,42). The summed E-state index contributed by atoms with van der Waals surface area (Å²) in [5, 5.41) is 2.89. The Morgan fingerprint density at radius 1 is 0.894 bits per heavy atom. The fourth-order valence-corrected chi connectivity index (χ4v) is 6.85. The van der Waals surface area contributed by atoms with Crippen molar-refractivity contribution in [2.75, 3.05) is 23.7 Å². The normalized spacial score (nSPS) is 12.0. The van der Waals surface area contributed by atoms with E-state index in [-0.39, 0.29) is 35.2 Å². The van der Waals surface area contributed by atoms with E-state index >= 15 is 4.39 Å². The number of nitrogens with one attached hydrogen (secondary N) is 1. The Labute approximate surface area is 281 Å². The Hall–Kier alpha value is -4.35. The molecular formula is C36H40FN3O5S2. The molecule has 11 heteroatoms. The second-order valence-corrected chi connectivity index (χ2v) is 13.8. The fraction of sp³-hybridized carbons (Fsp3) is 0.278. The first-order valence-electron chi connectivity index (χ1n) is 15.3. The molecule has 0 heterocycles. The highest BCUT2D eigenvalue weighted by molar-refractivity contribution is 7.98. The second-order valence-electron chi connectivity index (χ2n) is 11.1. The molecule has 0 spiro atoms. The lowest BCUT2D eigenvalue weighted by Crippen LogP contribution is -2.54. The van der Waals surface area contributed by atoms with Gasteiger partial charge in [0.25, 0.3) is 10.0 Å². The lowest BCUT2D eigenvalue weighted by atomic mass is 10.0. The van der Waals surface area contributed by atoms with Crippen LogP contribution in [-0.2, 0) is 32.6 Å². The van der Waals surface area contributed by atoms with E-state index in [1.54, 1.807) is 54.6 Å². The molecule has 0 aliphatic heterocycles. The first-order valence-corrected chi connectivity index (χ1v) is 18.0. The highest BCUT2D eigenvalue weighted by Crippen LogP contribution is 2.28. The zero-order valence-corrected chi connectivity index (χ0v) is 28.6. The summed E-state index contributed by atoms with van der Waals surface area (Å²) in [5.74, 6) is -1.11. The zero-order chi connectivity index (χ0) is 34.0. The molecule has 0 saturated carbocycles. The van der Waals surface area contributed by atoms with Crippen LogP contribution < -0.4 is 14.4 Å². The van der Waals surface area contributed by atoms with Crippen LogP contribution in [0.25, 0.3) is 0 Å². The molecule has 0 fully saturated rings. The van der Waals surface area contributed by atoms with Crippen LogP contribution in [0.4, 0.5) is 10.1 Å².